The van der Waals surface area contributed by atoms with E-state index < -0.39 is 0 Å². The fourth-order valence-corrected chi connectivity index (χ4v) is 5.39. The molecule has 2 aliphatic rings. The molecule has 0 amide bonds. The van der Waals surface area contributed by atoms with Gasteiger partial charge in [0.05, 0.1) is 24.5 Å². The molecule has 0 atom stereocenters. The van der Waals surface area contributed by atoms with E-state index in [1.807, 2.05) is 23.5 Å². The zero-order chi connectivity index (χ0) is 20.3. The standard InChI is InChI=1S/C22H26N6OS/c29-22-7-6-18(17-3-2-8-23-15-17)25-28(22)14-13-26-9-11-27(12-10-26)16-21-24-19-4-1-5-20(19)30-21/h2-3,6-8,15H,1,4-5,9-14,16H2. The van der Waals surface area contributed by atoms with Gasteiger partial charge in [-0.15, -0.1) is 11.3 Å². The van der Waals surface area contributed by atoms with Gasteiger partial charge in [0, 0.05) is 61.6 Å². The first-order valence-electron chi connectivity index (χ1n) is 10.7. The summed E-state index contributed by atoms with van der Waals surface area (Å²) in [7, 11) is 0. The van der Waals surface area contributed by atoms with Crippen molar-refractivity contribution in [2.75, 3.05) is 32.7 Å². The summed E-state index contributed by atoms with van der Waals surface area (Å²) in [5.74, 6) is 0. The van der Waals surface area contributed by atoms with Crippen molar-refractivity contribution in [3.8, 4) is 11.3 Å². The number of hydrogen-bond donors (Lipinski definition) is 0. The number of rotatable bonds is 6. The molecule has 0 unspecified atom stereocenters. The highest BCUT2D eigenvalue weighted by Gasteiger charge is 2.21. The van der Waals surface area contributed by atoms with E-state index in [9.17, 15) is 4.79 Å². The molecule has 3 aromatic heterocycles. The first-order valence-corrected chi connectivity index (χ1v) is 11.5. The Balaban J connectivity index is 1.14. The minimum absolute atomic E-state index is 0.0573. The molecule has 0 saturated carbocycles. The molecule has 3 aromatic rings. The zero-order valence-electron chi connectivity index (χ0n) is 17.0. The highest BCUT2D eigenvalue weighted by molar-refractivity contribution is 7.11. The first kappa shape index (κ1) is 19.5. The van der Waals surface area contributed by atoms with Crippen LogP contribution in [-0.4, -0.2) is 62.3 Å². The Bertz CT molecular complexity index is 1030. The first-order chi connectivity index (χ1) is 14.7. The van der Waals surface area contributed by atoms with E-state index in [1.165, 1.54) is 28.4 Å². The SMILES string of the molecule is O=c1ccc(-c2cccnc2)nn1CCN1CCN(Cc2nc3c(s2)CCC3)CC1. The molecular weight excluding hydrogens is 396 g/mol. The van der Waals surface area contributed by atoms with Crippen LogP contribution in [0.2, 0.25) is 0 Å². The highest BCUT2D eigenvalue weighted by Crippen LogP contribution is 2.28. The summed E-state index contributed by atoms with van der Waals surface area (Å²) >= 11 is 1.91. The summed E-state index contributed by atoms with van der Waals surface area (Å²) in [5, 5.41) is 5.82. The molecule has 0 aromatic carbocycles. The highest BCUT2D eigenvalue weighted by atomic mass is 32.1. The van der Waals surface area contributed by atoms with E-state index >= 15 is 0 Å². The number of pyridine rings is 1. The number of hydrogen-bond acceptors (Lipinski definition) is 7. The van der Waals surface area contributed by atoms with Gasteiger partial charge in [-0.05, 0) is 37.5 Å². The summed E-state index contributed by atoms with van der Waals surface area (Å²) in [6.45, 7) is 6.53. The van der Waals surface area contributed by atoms with Crippen LogP contribution in [0.1, 0.15) is 22.0 Å². The van der Waals surface area contributed by atoms with Crippen molar-refractivity contribution in [1.82, 2.24) is 29.5 Å². The molecule has 1 aliphatic carbocycles. The number of nitrogens with zero attached hydrogens (tertiary/aromatic N) is 6. The predicted molar refractivity (Wildman–Crippen MR) is 118 cm³/mol. The molecule has 1 aliphatic heterocycles. The van der Waals surface area contributed by atoms with Crippen molar-refractivity contribution in [2.24, 2.45) is 0 Å². The van der Waals surface area contributed by atoms with Crippen molar-refractivity contribution >= 4 is 11.3 Å². The van der Waals surface area contributed by atoms with Crippen LogP contribution in [0.3, 0.4) is 0 Å². The van der Waals surface area contributed by atoms with Crippen molar-refractivity contribution in [3.63, 3.8) is 0 Å². The molecule has 8 heteroatoms. The van der Waals surface area contributed by atoms with E-state index in [0.717, 1.165) is 56.9 Å². The van der Waals surface area contributed by atoms with Crippen molar-refractivity contribution < 1.29 is 0 Å². The normalized spacial score (nSPS) is 17.3. The van der Waals surface area contributed by atoms with Gasteiger partial charge in [-0.3, -0.25) is 19.6 Å². The summed E-state index contributed by atoms with van der Waals surface area (Å²) in [5.41, 5.74) is 2.99. The van der Waals surface area contributed by atoms with Crippen LogP contribution >= 0.6 is 11.3 Å². The molecule has 4 heterocycles. The van der Waals surface area contributed by atoms with Gasteiger partial charge in [-0.25, -0.2) is 9.67 Å². The van der Waals surface area contributed by atoms with Gasteiger partial charge in [0.2, 0.25) is 0 Å². The molecule has 1 fully saturated rings. The lowest BCUT2D eigenvalue weighted by molar-refractivity contribution is 0.122. The van der Waals surface area contributed by atoms with Crippen molar-refractivity contribution in [2.45, 2.75) is 32.4 Å². The summed E-state index contributed by atoms with van der Waals surface area (Å²) in [6.07, 6.45) is 7.16. The predicted octanol–water partition coefficient (Wildman–Crippen LogP) is 2.07. The Labute approximate surface area is 180 Å². The van der Waals surface area contributed by atoms with Crippen LogP contribution in [-0.2, 0) is 25.9 Å². The molecule has 0 radical (unpaired) electrons. The summed E-state index contributed by atoms with van der Waals surface area (Å²) in [4.78, 5) is 27.6. The molecule has 5 rings (SSSR count). The Morgan fingerprint density at radius 2 is 1.87 bits per heavy atom. The minimum Gasteiger partial charge on any atom is -0.299 e. The topological polar surface area (TPSA) is 67.2 Å². The Kier molecular flexibility index (Phi) is 5.70. The van der Waals surface area contributed by atoms with E-state index in [4.69, 9.17) is 4.98 Å². The fourth-order valence-electron chi connectivity index (χ4n) is 4.19. The smallest absolute Gasteiger partial charge is 0.266 e. The van der Waals surface area contributed by atoms with Gasteiger partial charge >= 0.3 is 0 Å². The van der Waals surface area contributed by atoms with Crippen LogP contribution < -0.4 is 5.56 Å². The largest absolute Gasteiger partial charge is 0.299 e. The van der Waals surface area contributed by atoms with Gasteiger partial charge in [0.15, 0.2) is 0 Å². The van der Waals surface area contributed by atoms with E-state index in [2.05, 4.69) is 19.9 Å². The van der Waals surface area contributed by atoms with Crippen LogP contribution in [0.5, 0.6) is 0 Å². The third-order valence-electron chi connectivity index (χ3n) is 5.92. The Hall–Kier alpha value is -2.42. The molecule has 30 heavy (non-hydrogen) atoms. The molecule has 0 bridgehead atoms. The summed E-state index contributed by atoms with van der Waals surface area (Å²) in [6, 6.07) is 7.20. The number of aryl methyl sites for hydroxylation is 2. The van der Waals surface area contributed by atoms with Gasteiger partial charge in [0.25, 0.3) is 5.56 Å². The third-order valence-corrected chi connectivity index (χ3v) is 7.06. The van der Waals surface area contributed by atoms with Crippen molar-refractivity contribution in [1.29, 1.82) is 0 Å². The number of fused-ring (bicyclic) bond motifs is 1. The molecule has 0 N–H and O–H groups in total. The zero-order valence-corrected chi connectivity index (χ0v) is 17.9. The fraction of sp³-hybridized carbons (Fsp3) is 0.455. The van der Waals surface area contributed by atoms with E-state index in [-0.39, 0.29) is 5.56 Å². The lowest BCUT2D eigenvalue weighted by atomic mass is 10.2. The van der Waals surface area contributed by atoms with E-state index in [0.29, 0.717) is 6.54 Å². The molecule has 7 nitrogen and oxygen atoms in total. The minimum atomic E-state index is -0.0573. The molecule has 1 saturated heterocycles. The quantitative estimate of drug-likeness (QED) is 0.606. The second-order valence-electron chi connectivity index (χ2n) is 7.97. The van der Waals surface area contributed by atoms with Crippen LogP contribution in [0, 0.1) is 0 Å². The maximum atomic E-state index is 12.2. The maximum Gasteiger partial charge on any atom is 0.266 e. The monoisotopic (exact) mass is 422 g/mol. The lowest BCUT2D eigenvalue weighted by Gasteiger charge is -2.34. The van der Waals surface area contributed by atoms with Crippen LogP contribution in [0.4, 0.5) is 0 Å². The second kappa shape index (κ2) is 8.75. The molecule has 0 spiro atoms. The van der Waals surface area contributed by atoms with Crippen LogP contribution in [0.15, 0.2) is 41.5 Å². The van der Waals surface area contributed by atoms with Gasteiger partial charge in [0.1, 0.15) is 5.01 Å². The molecule has 156 valence electrons. The summed E-state index contributed by atoms with van der Waals surface area (Å²) < 4.78 is 1.58. The number of thiazole rings is 1. The lowest BCUT2D eigenvalue weighted by Crippen LogP contribution is -2.47. The van der Waals surface area contributed by atoms with Crippen molar-refractivity contribution in [3.05, 3.63) is 62.6 Å². The number of aromatic nitrogens is 4. The third kappa shape index (κ3) is 4.35. The van der Waals surface area contributed by atoms with Gasteiger partial charge < -0.3 is 0 Å². The average molecular weight is 423 g/mol. The molecular formula is C22H26N6OS. The Morgan fingerprint density at radius 1 is 1.00 bits per heavy atom. The van der Waals surface area contributed by atoms with Gasteiger partial charge in [-0.2, -0.15) is 5.10 Å². The maximum absolute atomic E-state index is 12.2. The number of piperazine rings is 1. The second-order valence-corrected chi connectivity index (χ2v) is 9.14. The van der Waals surface area contributed by atoms with E-state index in [1.54, 1.807) is 29.2 Å². The van der Waals surface area contributed by atoms with Gasteiger partial charge in [-0.1, -0.05) is 0 Å². The Morgan fingerprint density at radius 3 is 2.67 bits per heavy atom. The van der Waals surface area contributed by atoms with Crippen LogP contribution in [0.25, 0.3) is 11.3 Å². The average Bonchev–Trinajstić information content (AvgIpc) is 3.37.